The Morgan fingerprint density at radius 1 is 0.622 bits per heavy atom. The molecule has 0 atom stereocenters. The lowest BCUT2D eigenvalue weighted by Crippen LogP contribution is -2.26. The van der Waals surface area contributed by atoms with Gasteiger partial charge in [-0.15, -0.1) is 0 Å². The van der Waals surface area contributed by atoms with E-state index < -0.39 is 41.6 Å². The molecular formula is C52H48F6N10O4S2. The zero-order chi connectivity index (χ0) is 52.4. The van der Waals surface area contributed by atoms with Gasteiger partial charge in [-0.1, -0.05) is 60.3 Å². The van der Waals surface area contributed by atoms with Crippen molar-refractivity contribution >= 4 is 56.1 Å². The van der Waals surface area contributed by atoms with Crippen LogP contribution in [0.15, 0.2) is 141 Å². The van der Waals surface area contributed by atoms with E-state index in [2.05, 4.69) is 36.3 Å². The summed E-state index contributed by atoms with van der Waals surface area (Å²) in [5.41, 5.74) is 6.33. The Hall–Kier alpha value is -7.46. The number of aryl methyl sites for hydroxylation is 2. The van der Waals surface area contributed by atoms with Gasteiger partial charge in [-0.05, 0) is 105 Å². The highest BCUT2D eigenvalue weighted by Crippen LogP contribution is 2.34. The number of hydrogen-bond donors (Lipinski definition) is 4. The second-order valence-electron chi connectivity index (χ2n) is 17.9. The van der Waals surface area contributed by atoms with Crippen LogP contribution < -0.4 is 21.3 Å². The summed E-state index contributed by atoms with van der Waals surface area (Å²) in [5.74, 6) is -0.254. The second-order valence-corrected chi connectivity index (χ2v) is 20.9. The topological polar surface area (TPSA) is 177 Å². The molecule has 0 unspecified atom stereocenters. The highest BCUT2D eigenvalue weighted by atomic mass is 32.2. The predicted octanol–water partition coefficient (Wildman–Crippen LogP) is 10.9. The summed E-state index contributed by atoms with van der Waals surface area (Å²) in [7, 11) is -4.09. The van der Waals surface area contributed by atoms with Gasteiger partial charge in [-0.3, -0.25) is 9.59 Å². The van der Waals surface area contributed by atoms with Gasteiger partial charge < -0.3 is 21.3 Å². The molecule has 4 heterocycles. The molecule has 4 aromatic carbocycles. The van der Waals surface area contributed by atoms with Gasteiger partial charge in [-0.2, -0.15) is 36.5 Å². The van der Waals surface area contributed by atoms with Crippen molar-refractivity contribution in [3.63, 3.8) is 0 Å². The summed E-state index contributed by atoms with van der Waals surface area (Å²) in [5, 5.41) is 20.8. The van der Waals surface area contributed by atoms with Crippen molar-refractivity contribution < 1.29 is 44.3 Å². The van der Waals surface area contributed by atoms with Gasteiger partial charge in [0.1, 0.15) is 5.03 Å². The number of nitrogens with one attached hydrogen (secondary N) is 4. The lowest BCUT2D eigenvalue weighted by molar-refractivity contribution is -0.132. The van der Waals surface area contributed by atoms with Crippen molar-refractivity contribution in [2.45, 2.75) is 96.7 Å². The Kier molecular flexibility index (Phi) is 14.7. The number of rotatable bonds is 16. The normalized spacial score (nSPS) is 13.8. The van der Waals surface area contributed by atoms with Crippen LogP contribution >= 0.6 is 11.8 Å². The largest absolute Gasteiger partial charge is 0.390 e. The molecule has 0 saturated heterocycles. The number of benzene rings is 4. The van der Waals surface area contributed by atoms with Gasteiger partial charge in [0.05, 0.1) is 52.9 Å². The maximum atomic E-state index is 13.4. The van der Waals surface area contributed by atoms with E-state index in [1.54, 1.807) is 66.2 Å². The number of hydrogen-bond acceptors (Lipinski definition) is 11. The SMILES string of the molecule is Cc1cc(-c2cnc3c(NCCC(F)(F)F)cc(S(=O)(=O)c4ccccc4)nn23)ccc1C(=O)NC1CC1.Cc1cc(-c2cnc3c(NCCC(F)(F)F)cc(Sc4ccccc4)nn23)ccc1C(=O)NC1CC1. The molecule has 2 fully saturated rings. The number of nitrogens with zero attached hydrogens (tertiary/aromatic N) is 6. The molecule has 2 aliphatic rings. The van der Waals surface area contributed by atoms with Crippen LogP contribution in [-0.2, 0) is 9.84 Å². The number of alkyl halides is 6. The molecule has 384 valence electrons. The third kappa shape index (κ3) is 12.5. The van der Waals surface area contributed by atoms with Gasteiger partial charge in [0.25, 0.3) is 11.8 Å². The molecule has 2 saturated carbocycles. The van der Waals surface area contributed by atoms with Crippen LogP contribution in [-0.4, -0.2) is 87.0 Å². The van der Waals surface area contributed by atoms with E-state index >= 15 is 0 Å². The van der Waals surface area contributed by atoms with Crippen LogP contribution in [0.4, 0.5) is 37.7 Å². The second kappa shape index (κ2) is 21.2. The zero-order valence-corrected chi connectivity index (χ0v) is 41.4. The quantitative estimate of drug-likeness (QED) is 0.0678. The molecule has 0 radical (unpaired) electrons. The van der Waals surface area contributed by atoms with E-state index in [1.165, 1.54) is 40.7 Å². The molecule has 4 aromatic heterocycles. The molecule has 14 nitrogen and oxygen atoms in total. The lowest BCUT2D eigenvalue weighted by Gasteiger charge is -2.13. The summed E-state index contributed by atoms with van der Waals surface area (Å²) in [6, 6.07) is 31.3. The molecule has 0 bridgehead atoms. The average molecular weight is 1060 g/mol. The minimum atomic E-state index is -4.39. The fraction of sp³-hybridized carbons (Fsp3) is 0.269. The summed E-state index contributed by atoms with van der Waals surface area (Å²) in [6.45, 7) is 2.92. The van der Waals surface area contributed by atoms with Gasteiger partial charge in [-0.25, -0.2) is 27.4 Å². The first-order valence-electron chi connectivity index (χ1n) is 23.6. The molecular weight excluding hydrogens is 1010 g/mol. The number of imidazole rings is 2. The van der Waals surface area contributed by atoms with Crippen molar-refractivity contribution in [3.05, 3.63) is 144 Å². The van der Waals surface area contributed by atoms with Gasteiger partial charge in [0, 0.05) is 58.4 Å². The van der Waals surface area contributed by atoms with Crippen LogP contribution in [0.3, 0.4) is 0 Å². The van der Waals surface area contributed by atoms with E-state index in [-0.39, 0.29) is 51.7 Å². The van der Waals surface area contributed by atoms with E-state index in [0.29, 0.717) is 50.0 Å². The minimum absolute atomic E-state index is 0.00312. The van der Waals surface area contributed by atoms with E-state index in [1.807, 2.05) is 49.4 Å². The number of halogens is 6. The fourth-order valence-electron chi connectivity index (χ4n) is 7.87. The number of amides is 2. The highest BCUT2D eigenvalue weighted by Gasteiger charge is 2.30. The Labute approximate surface area is 425 Å². The third-order valence-corrected chi connectivity index (χ3v) is 14.6. The molecule has 10 rings (SSSR count). The Balaban J connectivity index is 0.000000182. The number of sulfone groups is 1. The summed E-state index contributed by atoms with van der Waals surface area (Å²) >= 11 is 1.41. The maximum Gasteiger partial charge on any atom is 0.390 e. The lowest BCUT2D eigenvalue weighted by atomic mass is 10.0. The Bertz CT molecular complexity index is 3470. The van der Waals surface area contributed by atoms with Crippen LogP contribution in [0, 0.1) is 13.8 Å². The van der Waals surface area contributed by atoms with Crippen molar-refractivity contribution in [1.29, 1.82) is 0 Å². The number of aromatic nitrogens is 6. The van der Waals surface area contributed by atoms with Crippen LogP contribution in [0.25, 0.3) is 33.8 Å². The Morgan fingerprint density at radius 2 is 1.08 bits per heavy atom. The number of fused-ring (bicyclic) bond motifs is 2. The van der Waals surface area contributed by atoms with Crippen LogP contribution in [0.5, 0.6) is 0 Å². The standard InChI is InChI=1S/C26H24F3N5O3S.C26H24F3N5OS/c1-16-13-17(7-10-20(16)25(35)32-18-8-9-18)22-15-31-24-21(30-12-11-26(27,28)29)14-23(33-34(22)24)38(36,37)19-5-3-2-4-6-19;1-16-13-17(7-10-20(16)25(35)32-18-8-9-18)22-15-31-24-21(30-12-11-26(27,28)29)14-23(33-34(22)24)36-19-5-3-2-4-6-19/h2-7,10,13-15,18,30H,8-9,11-12H2,1H3,(H,32,35);2-7,10,13-15,18,30H,8-9,11-12H2,1H3,(H,32,35). The first-order chi connectivity index (χ1) is 35.3. The van der Waals surface area contributed by atoms with Gasteiger partial charge in [0.2, 0.25) is 9.84 Å². The van der Waals surface area contributed by atoms with E-state index in [4.69, 9.17) is 5.10 Å². The van der Waals surface area contributed by atoms with Crippen LogP contribution in [0.2, 0.25) is 0 Å². The Morgan fingerprint density at radius 3 is 1.54 bits per heavy atom. The fourth-order valence-corrected chi connectivity index (χ4v) is 9.92. The van der Waals surface area contributed by atoms with Crippen molar-refractivity contribution in [2.24, 2.45) is 0 Å². The van der Waals surface area contributed by atoms with Gasteiger partial charge >= 0.3 is 12.4 Å². The van der Waals surface area contributed by atoms with Crippen molar-refractivity contribution in [3.8, 4) is 22.5 Å². The zero-order valence-electron chi connectivity index (χ0n) is 39.8. The van der Waals surface area contributed by atoms with E-state index in [9.17, 15) is 44.3 Å². The first-order valence-corrected chi connectivity index (χ1v) is 25.9. The first kappa shape index (κ1) is 51.4. The smallest absolute Gasteiger partial charge is 0.382 e. The average Bonchev–Trinajstić information content (AvgIpc) is 4.27. The molecule has 74 heavy (non-hydrogen) atoms. The molecule has 2 aliphatic carbocycles. The van der Waals surface area contributed by atoms with Crippen molar-refractivity contribution in [2.75, 3.05) is 23.7 Å². The number of carbonyl (C=O) groups excluding carboxylic acids is 2. The molecule has 0 spiro atoms. The molecule has 22 heteroatoms. The summed E-state index contributed by atoms with van der Waals surface area (Å²) in [4.78, 5) is 34.8. The summed E-state index contributed by atoms with van der Waals surface area (Å²) < 4.78 is 106. The predicted molar refractivity (Wildman–Crippen MR) is 268 cm³/mol. The maximum absolute atomic E-state index is 13.4. The molecule has 2 amide bonds. The molecule has 4 N–H and O–H groups in total. The minimum Gasteiger partial charge on any atom is -0.382 e. The summed E-state index contributed by atoms with van der Waals surface area (Å²) in [6.07, 6.45) is -3.66. The van der Waals surface area contributed by atoms with Crippen LogP contribution in [0.1, 0.15) is 70.4 Å². The van der Waals surface area contributed by atoms with Gasteiger partial charge in [0.15, 0.2) is 16.3 Å². The van der Waals surface area contributed by atoms with Crippen molar-refractivity contribution in [1.82, 2.24) is 39.8 Å². The molecule has 0 aliphatic heterocycles. The monoisotopic (exact) mass is 1050 g/mol. The number of carbonyl (C=O) groups is 2. The third-order valence-electron chi connectivity index (χ3n) is 12.0. The highest BCUT2D eigenvalue weighted by molar-refractivity contribution is 7.99. The number of anilines is 2. The van der Waals surface area contributed by atoms with E-state index in [0.717, 1.165) is 41.7 Å². The molecule has 8 aromatic rings.